The van der Waals surface area contributed by atoms with E-state index in [0.717, 1.165) is 17.7 Å². The van der Waals surface area contributed by atoms with Gasteiger partial charge in [0.15, 0.2) is 0 Å². The molecule has 0 saturated carbocycles. The Morgan fingerprint density at radius 1 is 1.15 bits per heavy atom. The number of anilines is 4. The Bertz CT molecular complexity index is 1040. The molecule has 3 aromatic rings. The van der Waals surface area contributed by atoms with Gasteiger partial charge in [-0.1, -0.05) is 41.4 Å². The van der Waals surface area contributed by atoms with Crippen LogP contribution in [0, 0.1) is 10.1 Å². The Morgan fingerprint density at radius 2 is 1.96 bits per heavy atom. The molecule has 136 valence electrons. The average molecular weight is 402 g/mol. The molecule has 0 radical (unpaired) electrons. The van der Waals surface area contributed by atoms with Crippen LogP contribution in [0.15, 0.2) is 48.8 Å². The van der Waals surface area contributed by atoms with Crippen molar-refractivity contribution in [1.82, 2.24) is 9.97 Å². The highest BCUT2D eigenvalue weighted by molar-refractivity contribution is 6.35. The van der Waals surface area contributed by atoms with E-state index in [1.54, 1.807) is 18.2 Å². The van der Waals surface area contributed by atoms with Crippen molar-refractivity contribution in [1.29, 1.82) is 0 Å². The minimum Gasteiger partial charge on any atom is -0.333 e. The Balaban J connectivity index is 1.80. The van der Waals surface area contributed by atoms with E-state index < -0.39 is 4.92 Å². The van der Waals surface area contributed by atoms with E-state index in [-0.39, 0.29) is 17.3 Å². The minimum absolute atomic E-state index is 0.0542. The molecule has 0 fully saturated rings. The first-order valence-electron chi connectivity index (χ1n) is 8.11. The number of hydrogen-bond donors (Lipinski definition) is 1. The van der Waals surface area contributed by atoms with E-state index in [1.165, 1.54) is 6.33 Å². The summed E-state index contributed by atoms with van der Waals surface area (Å²) >= 11 is 12.2. The maximum atomic E-state index is 11.9. The van der Waals surface area contributed by atoms with Crippen molar-refractivity contribution < 1.29 is 4.92 Å². The first-order chi connectivity index (χ1) is 13.0. The summed E-state index contributed by atoms with van der Waals surface area (Å²) in [6.45, 7) is 0.606. The van der Waals surface area contributed by atoms with Gasteiger partial charge in [-0.05, 0) is 36.2 Å². The maximum Gasteiger partial charge on any atom is 0.354 e. The van der Waals surface area contributed by atoms with Crippen LogP contribution in [-0.2, 0) is 6.42 Å². The molecule has 27 heavy (non-hydrogen) atoms. The molecule has 1 aliphatic heterocycles. The van der Waals surface area contributed by atoms with Crippen molar-refractivity contribution >= 4 is 51.9 Å². The van der Waals surface area contributed by atoms with Gasteiger partial charge in [-0.15, -0.1) is 0 Å². The Labute approximate surface area is 164 Å². The molecular weight excluding hydrogens is 389 g/mol. The number of nitrogens with one attached hydrogen (secondary N) is 1. The first kappa shape index (κ1) is 17.5. The Morgan fingerprint density at radius 3 is 2.78 bits per heavy atom. The van der Waals surface area contributed by atoms with Crippen LogP contribution in [0.4, 0.5) is 28.7 Å². The summed E-state index contributed by atoms with van der Waals surface area (Å²) in [5, 5.41) is 15.6. The number of benzene rings is 2. The zero-order valence-corrected chi connectivity index (χ0v) is 15.4. The monoisotopic (exact) mass is 401 g/mol. The fourth-order valence-corrected chi connectivity index (χ4v) is 3.44. The number of fused-ring (bicyclic) bond motifs is 1. The summed E-state index contributed by atoms with van der Waals surface area (Å²) in [7, 11) is 0. The molecule has 0 bridgehead atoms. The van der Waals surface area contributed by atoms with E-state index >= 15 is 0 Å². The highest BCUT2D eigenvalue weighted by Gasteiger charge is 2.31. The van der Waals surface area contributed by atoms with E-state index in [0.29, 0.717) is 22.3 Å². The van der Waals surface area contributed by atoms with E-state index in [2.05, 4.69) is 15.3 Å². The zero-order chi connectivity index (χ0) is 19.0. The third kappa shape index (κ3) is 3.27. The number of halogens is 2. The van der Waals surface area contributed by atoms with E-state index in [4.69, 9.17) is 23.2 Å². The number of nitrogens with zero attached hydrogens (tertiary/aromatic N) is 4. The van der Waals surface area contributed by atoms with Crippen LogP contribution in [0.3, 0.4) is 0 Å². The molecule has 2 heterocycles. The summed E-state index contributed by atoms with van der Waals surface area (Å²) in [6, 6.07) is 12.6. The molecule has 0 aliphatic carbocycles. The van der Waals surface area contributed by atoms with Gasteiger partial charge in [0, 0.05) is 17.3 Å². The topological polar surface area (TPSA) is 84.2 Å². The van der Waals surface area contributed by atoms with Crippen molar-refractivity contribution in [2.75, 3.05) is 16.8 Å². The van der Waals surface area contributed by atoms with Gasteiger partial charge in [0.2, 0.25) is 11.6 Å². The minimum atomic E-state index is -0.489. The van der Waals surface area contributed by atoms with Gasteiger partial charge in [0.05, 0.1) is 15.6 Å². The molecule has 1 aromatic heterocycles. The van der Waals surface area contributed by atoms with Gasteiger partial charge < -0.3 is 10.2 Å². The highest BCUT2D eigenvalue weighted by atomic mass is 35.5. The van der Waals surface area contributed by atoms with Gasteiger partial charge in [0.25, 0.3) is 0 Å². The predicted octanol–water partition coefficient (Wildman–Crippen LogP) is 5.13. The molecule has 2 aromatic carbocycles. The molecular formula is C18H13Cl2N5O2. The molecule has 9 heteroatoms. The molecule has 0 atom stereocenters. The lowest BCUT2D eigenvalue weighted by Crippen LogP contribution is -2.17. The Hall–Kier alpha value is -2.90. The van der Waals surface area contributed by atoms with E-state index in [9.17, 15) is 10.1 Å². The van der Waals surface area contributed by atoms with Crippen LogP contribution < -0.4 is 10.2 Å². The van der Waals surface area contributed by atoms with E-state index in [1.807, 2.05) is 29.2 Å². The summed E-state index contributed by atoms with van der Waals surface area (Å²) in [6.07, 6.45) is 2.09. The Kier molecular flexibility index (Phi) is 4.55. The van der Waals surface area contributed by atoms with Gasteiger partial charge in [0.1, 0.15) is 6.33 Å². The number of rotatable bonds is 4. The fourth-order valence-electron chi connectivity index (χ4n) is 3.11. The van der Waals surface area contributed by atoms with Gasteiger partial charge in [-0.2, -0.15) is 0 Å². The molecule has 0 amide bonds. The number of hydrogen-bond acceptors (Lipinski definition) is 6. The van der Waals surface area contributed by atoms with Crippen molar-refractivity contribution in [2.45, 2.75) is 6.42 Å². The smallest absolute Gasteiger partial charge is 0.333 e. The lowest BCUT2D eigenvalue weighted by Gasteiger charge is -2.19. The third-order valence-electron chi connectivity index (χ3n) is 4.31. The van der Waals surface area contributed by atoms with Crippen LogP contribution in [0.5, 0.6) is 0 Å². The molecule has 4 rings (SSSR count). The quantitative estimate of drug-likeness (QED) is 0.481. The number of para-hydroxylation sites is 1. The molecule has 0 unspecified atom stereocenters. The summed E-state index contributed by atoms with van der Waals surface area (Å²) in [5.74, 6) is 0.291. The first-order valence-corrected chi connectivity index (χ1v) is 8.87. The van der Waals surface area contributed by atoms with Gasteiger partial charge >= 0.3 is 5.69 Å². The van der Waals surface area contributed by atoms with Crippen LogP contribution in [0.25, 0.3) is 0 Å². The highest BCUT2D eigenvalue weighted by Crippen LogP contribution is 2.41. The van der Waals surface area contributed by atoms with Crippen LogP contribution in [-0.4, -0.2) is 21.4 Å². The average Bonchev–Trinajstić information content (AvgIpc) is 3.08. The molecule has 0 spiro atoms. The maximum absolute atomic E-state index is 11.9. The number of aromatic nitrogens is 2. The normalized spacial score (nSPS) is 12.7. The summed E-state index contributed by atoms with van der Waals surface area (Å²) in [5.41, 5.74) is 2.24. The van der Waals surface area contributed by atoms with Crippen LogP contribution in [0.2, 0.25) is 10.0 Å². The summed E-state index contributed by atoms with van der Waals surface area (Å²) < 4.78 is 0. The van der Waals surface area contributed by atoms with Crippen LogP contribution >= 0.6 is 23.2 Å². The predicted molar refractivity (Wildman–Crippen MR) is 106 cm³/mol. The van der Waals surface area contributed by atoms with Crippen molar-refractivity contribution in [3.63, 3.8) is 0 Å². The SMILES string of the molecule is O=[N+]([O-])c1c(Nc2cc(Cl)ccc2Cl)ncnc1N1CCc2ccccc21. The molecule has 0 saturated heterocycles. The molecule has 1 N–H and O–H groups in total. The lowest BCUT2D eigenvalue weighted by atomic mass is 10.2. The molecule has 1 aliphatic rings. The largest absolute Gasteiger partial charge is 0.354 e. The lowest BCUT2D eigenvalue weighted by molar-refractivity contribution is -0.383. The van der Waals surface area contributed by atoms with Crippen molar-refractivity contribution in [3.8, 4) is 0 Å². The third-order valence-corrected chi connectivity index (χ3v) is 4.87. The van der Waals surface area contributed by atoms with Crippen LogP contribution in [0.1, 0.15) is 5.56 Å². The zero-order valence-electron chi connectivity index (χ0n) is 13.9. The summed E-state index contributed by atoms with van der Waals surface area (Å²) in [4.78, 5) is 21.5. The van der Waals surface area contributed by atoms with Crippen molar-refractivity contribution in [2.24, 2.45) is 0 Å². The number of nitro groups is 1. The second-order valence-corrected chi connectivity index (χ2v) is 6.77. The second-order valence-electron chi connectivity index (χ2n) is 5.93. The van der Waals surface area contributed by atoms with Gasteiger partial charge in [-0.3, -0.25) is 10.1 Å². The standard InChI is InChI=1S/C18H13Cl2N5O2/c19-12-5-6-13(20)14(9-12)23-17-16(25(26)27)18(22-10-21-17)24-8-7-11-3-1-2-4-15(11)24/h1-6,9-10H,7-8H2,(H,21,22,23). The molecule has 7 nitrogen and oxygen atoms in total. The second kappa shape index (κ2) is 7.02. The van der Waals surface area contributed by atoms with Gasteiger partial charge in [-0.25, -0.2) is 9.97 Å². The fraction of sp³-hybridized carbons (Fsp3) is 0.111. The van der Waals surface area contributed by atoms with Crippen molar-refractivity contribution in [3.05, 3.63) is 74.5 Å².